The first-order chi connectivity index (χ1) is 26.8. The summed E-state index contributed by atoms with van der Waals surface area (Å²) >= 11 is 0. The molecule has 0 bridgehead atoms. The van der Waals surface area contributed by atoms with Crippen LogP contribution in [0.3, 0.4) is 0 Å². The highest BCUT2D eigenvalue weighted by Crippen LogP contribution is 2.41. The van der Waals surface area contributed by atoms with E-state index < -0.39 is 0 Å². The predicted molar refractivity (Wildman–Crippen MR) is 223 cm³/mol. The summed E-state index contributed by atoms with van der Waals surface area (Å²) < 4.78 is 8.84. The summed E-state index contributed by atoms with van der Waals surface area (Å²) in [6, 6.07) is 66.2. The van der Waals surface area contributed by atoms with Gasteiger partial charge in [-0.15, -0.1) is 0 Å². The third kappa shape index (κ3) is 4.85. The van der Waals surface area contributed by atoms with E-state index in [0.717, 1.165) is 94.5 Å². The zero-order valence-electron chi connectivity index (χ0n) is 29.1. The molecule has 0 aliphatic carbocycles. The molecular formula is C50H31N3O. The van der Waals surface area contributed by atoms with Crippen molar-refractivity contribution in [1.29, 1.82) is 0 Å². The molecule has 54 heavy (non-hydrogen) atoms. The molecule has 8 aromatic carbocycles. The number of aromatic nitrogens is 3. The van der Waals surface area contributed by atoms with E-state index in [1.54, 1.807) is 0 Å². The van der Waals surface area contributed by atoms with E-state index in [1.807, 2.05) is 36.4 Å². The molecule has 4 nitrogen and oxygen atoms in total. The lowest BCUT2D eigenvalue weighted by Gasteiger charge is -2.12. The first-order valence-corrected chi connectivity index (χ1v) is 18.2. The smallest absolute Gasteiger partial charge is 0.160 e. The average molecular weight is 690 g/mol. The predicted octanol–water partition coefficient (Wildman–Crippen LogP) is 13.3. The molecule has 0 atom stereocenters. The Balaban J connectivity index is 1.11. The Hall–Kier alpha value is -7.30. The van der Waals surface area contributed by atoms with Crippen molar-refractivity contribution in [3.63, 3.8) is 0 Å². The number of para-hydroxylation sites is 3. The van der Waals surface area contributed by atoms with E-state index in [0.29, 0.717) is 0 Å². The maximum absolute atomic E-state index is 6.46. The Labute approximate surface area is 311 Å². The van der Waals surface area contributed by atoms with Crippen LogP contribution in [-0.4, -0.2) is 14.5 Å². The lowest BCUT2D eigenvalue weighted by atomic mass is 9.98. The molecule has 0 fully saturated rings. The van der Waals surface area contributed by atoms with Crippen molar-refractivity contribution in [3.05, 3.63) is 188 Å². The fourth-order valence-electron chi connectivity index (χ4n) is 8.04. The molecule has 11 rings (SSSR count). The van der Waals surface area contributed by atoms with E-state index >= 15 is 0 Å². The van der Waals surface area contributed by atoms with Crippen molar-refractivity contribution in [2.75, 3.05) is 0 Å². The Morgan fingerprint density at radius 1 is 0.389 bits per heavy atom. The van der Waals surface area contributed by atoms with Crippen LogP contribution in [0.5, 0.6) is 0 Å². The zero-order valence-corrected chi connectivity index (χ0v) is 29.1. The number of rotatable bonds is 5. The first kappa shape index (κ1) is 30.3. The Morgan fingerprint density at radius 2 is 1.06 bits per heavy atom. The molecule has 4 heteroatoms. The highest BCUT2D eigenvalue weighted by atomic mass is 16.3. The molecule has 0 aliphatic rings. The quantitative estimate of drug-likeness (QED) is 0.181. The lowest BCUT2D eigenvalue weighted by Crippen LogP contribution is -1.96. The van der Waals surface area contributed by atoms with Crippen molar-refractivity contribution in [3.8, 4) is 50.6 Å². The van der Waals surface area contributed by atoms with Gasteiger partial charge in [-0.25, -0.2) is 9.97 Å². The van der Waals surface area contributed by atoms with E-state index in [4.69, 9.17) is 14.4 Å². The molecule has 252 valence electrons. The Morgan fingerprint density at radius 3 is 1.89 bits per heavy atom. The van der Waals surface area contributed by atoms with E-state index in [-0.39, 0.29) is 0 Å². The van der Waals surface area contributed by atoms with Crippen molar-refractivity contribution in [2.24, 2.45) is 0 Å². The lowest BCUT2D eigenvalue weighted by molar-refractivity contribution is 0.670. The summed E-state index contributed by atoms with van der Waals surface area (Å²) in [5, 5.41) is 5.67. The Bertz CT molecular complexity index is 3200. The standard InChI is InChI=1S/C50H31N3O/c1-4-13-32(14-5-1)48-43-29-34(24-27-44(43)51-50(52-48)33-15-6-2-7-16-33)35-23-26-39-42-30-36(25-28-45(42)53(46(39)31-35)37-17-8-3-9-18-37)38-20-12-21-41-40-19-10-11-22-47(40)54-49(38)41/h1-31H. The second-order valence-corrected chi connectivity index (χ2v) is 13.8. The number of fused-ring (bicyclic) bond motifs is 7. The summed E-state index contributed by atoms with van der Waals surface area (Å²) in [5.74, 6) is 0.722. The van der Waals surface area contributed by atoms with Crippen LogP contribution in [0.25, 0.3) is 105 Å². The molecule has 0 N–H and O–H groups in total. The van der Waals surface area contributed by atoms with Crippen molar-refractivity contribution in [2.45, 2.75) is 0 Å². The second kappa shape index (κ2) is 12.1. The maximum Gasteiger partial charge on any atom is 0.160 e. The number of hydrogen-bond donors (Lipinski definition) is 0. The topological polar surface area (TPSA) is 43.9 Å². The molecule has 0 radical (unpaired) electrons. The minimum Gasteiger partial charge on any atom is -0.455 e. The van der Waals surface area contributed by atoms with Crippen LogP contribution in [-0.2, 0) is 0 Å². The molecular weight excluding hydrogens is 659 g/mol. The summed E-state index contributed by atoms with van der Waals surface area (Å²) in [4.78, 5) is 10.2. The number of nitrogens with zero attached hydrogens (tertiary/aromatic N) is 3. The molecule has 3 heterocycles. The molecule has 0 saturated heterocycles. The zero-order chi connectivity index (χ0) is 35.6. The largest absolute Gasteiger partial charge is 0.455 e. The molecule has 3 aromatic heterocycles. The molecule has 0 aliphatic heterocycles. The van der Waals surface area contributed by atoms with Gasteiger partial charge < -0.3 is 8.98 Å². The Kier molecular flexibility index (Phi) is 6.82. The highest BCUT2D eigenvalue weighted by molar-refractivity contribution is 6.14. The maximum atomic E-state index is 6.46. The fraction of sp³-hybridized carbons (Fsp3) is 0. The van der Waals surface area contributed by atoms with Gasteiger partial charge in [0.25, 0.3) is 0 Å². The summed E-state index contributed by atoms with van der Waals surface area (Å²) in [7, 11) is 0. The van der Waals surface area contributed by atoms with Gasteiger partial charge >= 0.3 is 0 Å². The van der Waals surface area contributed by atoms with Crippen molar-refractivity contribution < 1.29 is 4.42 Å². The monoisotopic (exact) mass is 689 g/mol. The molecule has 0 spiro atoms. The molecule has 0 unspecified atom stereocenters. The SMILES string of the molecule is c1ccc(-c2nc(-c3ccccc3)c3cc(-c4ccc5c6cc(-c7cccc8c7oc7ccccc78)ccc6n(-c6ccccc6)c5c4)ccc3n2)cc1. The van der Waals surface area contributed by atoms with E-state index in [2.05, 4.69) is 156 Å². The number of benzene rings is 8. The minimum absolute atomic E-state index is 0.722. The van der Waals surface area contributed by atoms with Crippen molar-refractivity contribution >= 4 is 54.6 Å². The van der Waals surface area contributed by atoms with Crippen LogP contribution in [0.1, 0.15) is 0 Å². The van der Waals surface area contributed by atoms with E-state index in [1.165, 1.54) is 10.8 Å². The van der Waals surface area contributed by atoms with Gasteiger partial charge in [-0.2, -0.15) is 0 Å². The van der Waals surface area contributed by atoms with Crippen LogP contribution < -0.4 is 0 Å². The van der Waals surface area contributed by atoms with Gasteiger partial charge in [0.05, 0.1) is 22.2 Å². The summed E-state index contributed by atoms with van der Waals surface area (Å²) in [6.07, 6.45) is 0. The van der Waals surface area contributed by atoms with E-state index in [9.17, 15) is 0 Å². The van der Waals surface area contributed by atoms with Gasteiger partial charge in [0.1, 0.15) is 11.2 Å². The third-order valence-corrected chi connectivity index (χ3v) is 10.6. The van der Waals surface area contributed by atoms with Crippen LogP contribution >= 0.6 is 0 Å². The number of furan rings is 1. The fourth-order valence-corrected chi connectivity index (χ4v) is 8.04. The number of hydrogen-bond acceptors (Lipinski definition) is 3. The van der Waals surface area contributed by atoms with Gasteiger partial charge in [-0.1, -0.05) is 140 Å². The first-order valence-electron chi connectivity index (χ1n) is 18.2. The highest BCUT2D eigenvalue weighted by Gasteiger charge is 2.18. The van der Waals surface area contributed by atoms with Gasteiger partial charge in [-0.3, -0.25) is 0 Å². The summed E-state index contributed by atoms with van der Waals surface area (Å²) in [6.45, 7) is 0. The summed E-state index contributed by atoms with van der Waals surface area (Å²) in [5.41, 5.74) is 13.6. The third-order valence-electron chi connectivity index (χ3n) is 10.6. The van der Waals surface area contributed by atoms with Crippen LogP contribution in [0.15, 0.2) is 192 Å². The van der Waals surface area contributed by atoms with Crippen molar-refractivity contribution in [1.82, 2.24) is 14.5 Å². The second-order valence-electron chi connectivity index (χ2n) is 13.8. The van der Waals surface area contributed by atoms with Gasteiger partial charge in [-0.05, 0) is 65.2 Å². The minimum atomic E-state index is 0.722. The van der Waals surface area contributed by atoms with Crippen LogP contribution in [0.4, 0.5) is 0 Å². The van der Waals surface area contributed by atoms with Crippen LogP contribution in [0, 0.1) is 0 Å². The molecule has 0 saturated carbocycles. The van der Waals surface area contributed by atoms with Gasteiger partial charge in [0, 0.05) is 49.3 Å². The van der Waals surface area contributed by atoms with Crippen LogP contribution in [0.2, 0.25) is 0 Å². The normalized spacial score (nSPS) is 11.7. The average Bonchev–Trinajstić information content (AvgIpc) is 3.79. The molecule has 11 aromatic rings. The van der Waals surface area contributed by atoms with Gasteiger partial charge in [0.15, 0.2) is 5.82 Å². The van der Waals surface area contributed by atoms with Gasteiger partial charge in [0.2, 0.25) is 0 Å². The molecule has 0 amide bonds.